The van der Waals surface area contributed by atoms with Gasteiger partial charge in [-0.1, -0.05) is 13.8 Å². The van der Waals surface area contributed by atoms with Crippen LogP contribution in [0.2, 0.25) is 0 Å². The number of nitrogens with zero attached hydrogens (tertiary/aromatic N) is 1. The van der Waals surface area contributed by atoms with Crippen LogP contribution in [0.25, 0.3) is 0 Å². The van der Waals surface area contributed by atoms with Crippen molar-refractivity contribution in [2.45, 2.75) is 52.5 Å². The summed E-state index contributed by atoms with van der Waals surface area (Å²) < 4.78 is 0. The molecule has 0 spiro atoms. The Balaban J connectivity index is 2.54. The largest absolute Gasteiger partial charge is 0.340 e. The number of carbonyl (C=O) groups is 1. The van der Waals surface area contributed by atoms with Crippen molar-refractivity contribution in [2.24, 2.45) is 5.92 Å². The fourth-order valence-corrected chi connectivity index (χ4v) is 2.13. The second-order valence-electron chi connectivity index (χ2n) is 4.04. The quantitative estimate of drug-likeness (QED) is 0.658. The predicted molar refractivity (Wildman–Crippen MR) is 54.5 cm³/mol. The van der Waals surface area contributed by atoms with Crippen LogP contribution in [-0.4, -0.2) is 23.4 Å². The van der Waals surface area contributed by atoms with E-state index in [-0.39, 0.29) is 5.92 Å². The first-order chi connectivity index (χ1) is 6.20. The lowest BCUT2D eigenvalue weighted by molar-refractivity contribution is -0.136. The van der Waals surface area contributed by atoms with Gasteiger partial charge in [-0.2, -0.15) is 0 Å². The Kier molecular flexibility index (Phi) is 3.76. The van der Waals surface area contributed by atoms with Crippen molar-refractivity contribution in [2.75, 3.05) is 6.54 Å². The van der Waals surface area contributed by atoms with E-state index in [4.69, 9.17) is 0 Å². The molecule has 1 amide bonds. The molecule has 13 heavy (non-hydrogen) atoms. The highest BCUT2D eigenvalue weighted by molar-refractivity contribution is 5.79. The van der Waals surface area contributed by atoms with E-state index in [1.807, 2.05) is 0 Å². The van der Waals surface area contributed by atoms with Crippen LogP contribution in [-0.2, 0) is 4.79 Å². The number of rotatable bonds is 3. The summed E-state index contributed by atoms with van der Waals surface area (Å²) >= 11 is 0. The van der Waals surface area contributed by atoms with Gasteiger partial charge in [-0.3, -0.25) is 4.79 Å². The molecule has 0 aromatic rings. The maximum atomic E-state index is 11.9. The highest BCUT2D eigenvalue weighted by Gasteiger charge is 2.28. The third-order valence-electron chi connectivity index (χ3n) is 3.17. The zero-order valence-electron chi connectivity index (χ0n) is 9.05. The summed E-state index contributed by atoms with van der Waals surface area (Å²) in [6, 6.07) is 0.480. The van der Waals surface area contributed by atoms with Crippen molar-refractivity contribution in [3.8, 4) is 0 Å². The molecule has 2 nitrogen and oxygen atoms in total. The van der Waals surface area contributed by atoms with E-state index in [0.29, 0.717) is 11.9 Å². The van der Waals surface area contributed by atoms with Crippen LogP contribution in [0.4, 0.5) is 0 Å². The highest BCUT2D eigenvalue weighted by Crippen LogP contribution is 2.21. The summed E-state index contributed by atoms with van der Waals surface area (Å²) in [6.07, 6.45) is 4.34. The Morgan fingerprint density at radius 1 is 1.46 bits per heavy atom. The molecule has 0 saturated carbocycles. The minimum atomic E-state index is 0.264. The van der Waals surface area contributed by atoms with Crippen LogP contribution in [0.1, 0.15) is 46.5 Å². The zero-order chi connectivity index (χ0) is 9.84. The van der Waals surface area contributed by atoms with E-state index < -0.39 is 0 Å². The molecule has 1 heterocycles. The fraction of sp³-hybridized carbons (Fsp3) is 0.909. The molecule has 0 aliphatic carbocycles. The van der Waals surface area contributed by atoms with Gasteiger partial charge in [0.15, 0.2) is 0 Å². The van der Waals surface area contributed by atoms with Crippen molar-refractivity contribution in [1.82, 2.24) is 4.90 Å². The van der Waals surface area contributed by atoms with Gasteiger partial charge in [0.05, 0.1) is 0 Å². The number of likely N-dealkylation sites (tertiary alicyclic amines) is 1. The first kappa shape index (κ1) is 10.6. The Bertz CT molecular complexity index is 175. The molecule has 1 atom stereocenters. The summed E-state index contributed by atoms with van der Waals surface area (Å²) in [7, 11) is 0. The van der Waals surface area contributed by atoms with Crippen molar-refractivity contribution in [1.29, 1.82) is 0 Å². The smallest absolute Gasteiger partial charge is 0.225 e. The third kappa shape index (κ3) is 2.23. The summed E-state index contributed by atoms with van der Waals surface area (Å²) in [4.78, 5) is 14.0. The maximum Gasteiger partial charge on any atom is 0.225 e. The monoisotopic (exact) mass is 183 g/mol. The van der Waals surface area contributed by atoms with Crippen molar-refractivity contribution in [3.63, 3.8) is 0 Å². The van der Waals surface area contributed by atoms with E-state index in [2.05, 4.69) is 25.7 Å². The van der Waals surface area contributed by atoms with E-state index in [0.717, 1.165) is 19.4 Å². The zero-order valence-corrected chi connectivity index (χ0v) is 9.05. The number of carbonyl (C=O) groups excluding carboxylic acids is 1. The van der Waals surface area contributed by atoms with Gasteiger partial charge in [0, 0.05) is 18.5 Å². The van der Waals surface area contributed by atoms with Gasteiger partial charge >= 0.3 is 0 Å². The third-order valence-corrected chi connectivity index (χ3v) is 3.17. The van der Waals surface area contributed by atoms with Crippen molar-refractivity contribution < 1.29 is 4.79 Å². The first-order valence-corrected chi connectivity index (χ1v) is 5.51. The van der Waals surface area contributed by atoms with E-state index >= 15 is 0 Å². The molecule has 0 bridgehead atoms. The van der Waals surface area contributed by atoms with Gasteiger partial charge in [0.2, 0.25) is 5.91 Å². The molecule has 1 unspecified atom stereocenters. The number of amides is 1. The maximum absolute atomic E-state index is 11.9. The molecule has 2 heteroatoms. The molecule has 0 aromatic heterocycles. The van der Waals surface area contributed by atoms with Gasteiger partial charge in [-0.15, -0.1) is 0 Å². The molecule has 76 valence electrons. The van der Waals surface area contributed by atoms with Gasteiger partial charge in [0.25, 0.3) is 0 Å². The van der Waals surface area contributed by atoms with Crippen LogP contribution in [0.5, 0.6) is 0 Å². The Labute approximate surface area is 81.3 Å². The molecule has 0 aromatic carbocycles. The van der Waals surface area contributed by atoms with Crippen LogP contribution in [0, 0.1) is 5.92 Å². The highest BCUT2D eigenvalue weighted by atomic mass is 16.2. The average Bonchev–Trinajstić information content (AvgIpc) is 2.53. The lowest BCUT2D eigenvalue weighted by Gasteiger charge is -2.25. The first-order valence-electron chi connectivity index (χ1n) is 5.51. The molecular formula is C11H21NO. The second-order valence-corrected chi connectivity index (χ2v) is 4.04. The van der Waals surface area contributed by atoms with Gasteiger partial charge < -0.3 is 4.90 Å². The molecule has 0 N–H and O–H groups in total. The summed E-state index contributed by atoms with van der Waals surface area (Å²) in [5, 5.41) is 0. The number of hydrogen-bond donors (Lipinski definition) is 0. The summed E-state index contributed by atoms with van der Waals surface area (Å²) in [5.41, 5.74) is 0. The van der Waals surface area contributed by atoms with Gasteiger partial charge in [-0.05, 0) is 32.6 Å². The van der Waals surface area contributed by atoms with E-state index in [1.165, 1.54) is 12.8 Å². The number of hydrogen-bond acceptors (Lipinski definition) is 1. The lowest BCUT2D eigenvalue weighted by Crippen LogP contribution is -2.37. The molecule has 0 radical (unpaired) electrons. The molecule has 1 aliphatic rings. The van der Waals surface area contributed by atoms with Gasteiger partial charge in [-0.25, -0.2) is 0 Å². The summed E-state index contributed by atoms with van der Waals surface area (Å²) in [6.45, 7) is 7.35. The molecule has 1 rings (SSSR count). The van der Waals surface area contributed by atoms with E-state index in [9.17, 15) is 4.79 Å². The topological polar surface area (TPSA) is 20.3 Å². The Morgan fingerprint density at radius 2 is 2.08 bits per heavy atom. The predicted octanol–water partition coefficient (Wildman–Crippen LogP) is 2.43. The SMILES string of the molecule is CCC(CC)C(=O)N1CCCC1C. The Morgan fingerprint density at radius 3 is 2.46 bits per heavy atom. The standard InChI is InChI=1S/C11H21NO/c1-4-10(5-2)11(13)12-8-6-7-9(12)3/h9-10H,4-8H2,1-3H3. The van der Waals surface area contributed by atoms with Crippen LogP contribution < -0.4 is 0 Å². The fourth-order valence-electron chi connectivity index (χ4n) is 2.13. The minimum Gasteiger partial charge on any atom is -0.340 e. The summed E-state index contributed by atoms with van der Waals surface area (Å²) in [5.74, 6) is 0.649. The molecule has 1 fully saturated rings. The minimum absolute atomic E-state index is 0.264. The second kappa shape index (κ2) is 4.64. The van der Waals surface area contributed by atoms with E-state index in [1.54, 1.807) is 0 Å². The molecule has 1 saturated heterocycles. The normalized spacial score (nSPS) is 22.8. The van der Waals surface area contributed by atoms with Crippen LogP contribution in [0.15, 0.2) is 0 Å². The van der Waals surface area contributed by atoms with Crippen molar-refractivity contribution >= 4 is 5.91 Å². The van der Waals surface area contributed by atoms with Crippen LogP contribution >= 0.6 is 0 Å². The lowest BCUT2D eigenvalue weighted by atomic mass is 10.0. The average molecular weight is 183 g/mol. The van der Waals surface area contributed by atoms with Crippen LogP contribution in [0.3, 0.4) is 0 Å². The molecule has 1 aliphatic heterocycles. The van der Waals surface area contributed by atoms with Gasteiger partial charge in [0.1, 0.15) is 0 Å². The Hall–Kier alpha value is -0.530. The molecular weight excluding hydrogens is 162 g/mol. The van der Waals surface area contributed by atoms with Crippen molar-refractivity contribution in [3.05, 3.63) is 0 Å².